The van der Waals surface area contributed by atoms with E-state index in [0.717, 1.165) is 0 Å². The molecule has 1 rings (SSSR count). The first-order valence-corrected chi connectivity index (χ1v) is 6.33. The largest absolute Gasteiger partial charge is 0.383 e. The number of hydrogen-bond acceptors (Lipinski definition) is 5. The molecule has 0 spiro atoms. The van der Waals surface area contributed by atoms with Gasteiger partial charge in [-0.25, -0.2) is 13.1 Å². The molecule has 0 aromatic carbocycles. The Balaban J connectivity index is 2.22. The van der Waals surface area contributed by atoms with Crippen LogP contribution in [0, 0.1) is 0 Å². The fourth-order valence-corrected chi connectivity index (χ4v) is 1.98. The van der Waals surface area contributed by atoms with Crippen LogP contribution in [0.4, 0.5) is 0 Å². The number of H-pyrrole nitrogens is 1. The summed E-state index contributed by atoms with van der Waals surface area (Å²) in [6.07, 6.45) is 2.60. The highest BCUT2D eigenvalue weighted by molar-refractivity contribution is 7.89. The lowest BCUT2D eigenvalue weighted by molar-refractivity contribution is 0.199. The van der Waals surface area contributed by atoms with Crippen LogP contribution >= 0.6 is 0 Å². The zero-order chi connectivity index (χ0) is 11.9. The average molecular weight is 248 g/mol. The molecule has 0 aliphatic heterocycles. The molecule has 16 heavy (non-hydrogen) atoms. The van der Waals surface area contributed by atoms with Crippen LogP contribution in [-0.2, 0) is 14.8 Å². The molecule has 1 heterocycles. The van der Waals surface area contributed by atoms with Gasteiger partial charge in [-0.05, 0) is 0 Å². The maximum Gasteiger partial charge on any atom is 0.243 e. The molecule has 0 saturated heterocycles. The molecule has 1 aromatic rings. The number of hydrogen-bond donors (Lipinski definition) is 3. The minimum atomic E-state index is -3.42. The second-order valence-electron chi connectivity index (χ2n) is 3.07. The number of rotatable bonds is 8. The molecule has 0 bridgehead atoms. The third-order valence-electron chi connectivity index (χ3n) is 1.86. The zero-order valence-electron chi connectivity index (χ0n) is 9.06. The molecule has 0 unspecified atom stereocenters. The summed E-state index contributed by atoms with van der Waals surface area (Å²) in [5, 5.41) is 9.06. The second-order valence-corrected chi connectivity index (χ2v) is 4.84. The van der Waals surface area contributed by atoms with Crippen LogP contribution in [0.1, 0.15) is 0 Å². The minimum absolute atomic E-state index is 0.143. The number of methoxy groups -OCH3 is 1. The molecular weight excluding hydrogens is 232 g/mol. The van der Waals surface area contributed by atoms with E-state index in [-0.39, 0.29) is 4.90 Å². The van der Waals surface area contributed by atoms with Gasteiger partial charge in [0, 0.05) is 32.9 Å². The van der Waals surface area contributed by atoms with Gasteiger partial charge < -0.3 is 10.1 Å². The lowest BCUT2D eigenvalue weighted by atomic mass is 10.6. The van der Waals surface area contributed by atoms with Crippen molar-refractivity contribution in [3.8, 4) is 0 Å². The zero-order valence-corrected chi connectivity index (χ0v) is 9.88. The summed E-state index contributed by atoms with van der Waals surface area (Å²) in [6, 6.07) is 0. The van der Waals surface area contributed by atoms with Crippen molar-refractivity contribution in [3.63, 3.8) is 0 Å². The van der Waals surface area contributed by atoms with E-state index in [1.54, 1.807) is 7.11 Å². The van der Waals surface area contributed by atoms with Gasteiger partial charge in [-0.3, -0.25) is 5.10 Å². The van der Waals surface area contributed by atoms with Crippen LogP contribution in [0.2, 0.25) is 0 Å². The van der Waals surface area contributed by atoms with Crippen molar-refractivity contribution in [3.05, 3.63) is 12.4 Å². The van der Waals surface area contributed by atoms with E-state index in [1.807, 2.05) is 0 Å². The molecular formula is C8H16N4O3S. The van der Waals surface area contributed by atoms with Crippen LogP contribution in [-0.4, -0.2) is 52.0 Å². The highest BCUT2D eigenvalue weighted by Gasteiger charge is 2.13. The fourth-order valence-electron chi connectivity index (χ4n) is 1.04. The molecule has 0 radical (unpaired) electrons. The van der Waals surface area contributed by atoms with Gasteiger partial charge in [-0.2, -0.15) is 5.10 Å². The highest BCUT2D eigenvalue weighted by Crippen LogP contribution is 2.02. The van der Waals surface area contributed by atoms with Crippen LogP contribution in [0.3, 0.4) is 0 Å². The van der Waals surface area contributed by atoms with Crippen LogP contribution in [0.25, 0.3) is 0 Å². The molecule has 3 N–H and O–H groups in total. The summed E-state index contributed by atoms with van der Waals surface area (Å²) < 4.78 is 30.4. The van der Waals surface area contributed by atoms with E-state index < -0.39 is 10.0 Å². The van der Waals surface area contributed by atoms with E-state index in [4.69, 9.17) is 4.74 Å². The van der Waals surface area contributed by atoms with E-state index in [2.05, 4.69) is 20.2 Å². The average Bonchev–Trinajstić information content (AvgIpc) is 2.77. The van der Waals surface area contributed by atoms with Crippen molar-refractivity contribution in [2.24, 2.45) is 0 Å². The quantitative estimate of drug-likeness (QED) is 0.509. The standard InChI is InChI=1S/C8H16N4O3S/c1-15-5-4-9-2-3-12-16(13,14)8-6-10-11-7-8/h6-7,9,12H,2-5H2,1H3,(H,10,11). The Morgan fingerprint density at radius 1 is 1.44 bits per heavy atom. The first-order chi connectivity index (χ1) is 7.67. The third kappa shape index (κ3) is 4.27. The first-order valence-electron chi connectivity index (χ1n) is 4.85. The molecule has 0 amide bonds. The predicted octanol–water partition coefficient (Wildman–Crippen LogP) is -1.08. The lowest BCUT2D eigenvalue weighted by Crippen LogP contribution is -2.32. The molecule has 1 aromatic heterocycles. The smallest absolute Gasteiger partial charge is 0.243 e. The molecule has 8 heteroatoms. The maximum atomic E-state index is 11.6. The summed E-state index contributed by atoms with van der Waals surface area (Å²) in [4.78, 5) is 0.143. The molecule has 0 saturated carbocycles. The van der Waals surface area contributed by atoms with E-state index in [9.17, 15) is 8.42 Å². The van der Waals surface area contributed by atoms with Crippen molar-refractivity contribution < 1.29 is 13.2 Å². The van der Waals surface area contributed by atoms with Gasteiger partial charge in [-0.15, -0.1) is 0 Å². The lowest BCUT2D eigenvalue weighted by Gasteiger charge is -2.05. The van der Waals surface area contributed by atoms with Crippen molar-refractivity contribution >= 4 is 10.0 Å². The molecule has 0 aliphatic carbocycles. The number of nitrogens with zero attached hydrogens (tertiary/aromatic N) is 1. The van der Waals surface area contributed by atoms with E-state index >= 15 is 0 Å². The first kappa shape index (κ1) is 13.1. The number of aromatic nitrogens is 2. The highest BCUT2D eigenvalue weighted by atomic mass is 32.2. The summed E-state index contributed by atoms with van der Waals surface area (Å²) in [6.45, 7) is 2.19. The minimum Gasteiger partial charge on any atom is -0.383 e. The second kappa shape index (κ2) is 6.59. The normalized spacial score (nSPS) is 11.8. The monoisotopic (exact) mass is 248 g/mol. The number of sulfonamides is 1. The van der Waals surface area contributed by atoms with Gasteiger partial charge in [-0.1, -0.05) is 0 Å². The Labute approximate surface area is 94.6 Å². The Morgan fingerprint density at radius 3 is 2.88 bits per heavy atom. The Bertz CT molecular complexity index is 376. The predicted molar refractivity (Wildman–Crippen MR) is 58.5 cm³/mol. The van der Waals surface area contributed by atoms with E-state index in [1.165, 1.54) is 12.4 Å². The molecule has 7 nitrogen and oxygen atoms in total. The van der Waals surface area contributed by atoms with Crippen molar-refractivity contribution in [1.29, 1.82) is 0 Å². The van der Waals surface area contributed by atoms with Crippen molar-refractivity contribution in [1.82, 2.24) is 20.2 Å². The summed E-state index contributed by atoms with van der Waals surface area (Å²) in [5.41, 5.74) is 0. The number of nitrogens with one attached hydrogen (secondary N) is 3. The SMILES string of the molecule is COCCNCCNS(=O)(=O)c1cn[nH]c1. The Morgan fingerprint density at radius 2 is 2.25 bits per heavy atom. The Hall–Kier alpha value is -0.960. The van der Waals surface area contributed by atoms with Crippen LogP contribution < -0.4 is 10.0 Å². The topological polar surface area (TPSA) is 96.1 Å². The summed E-state index contributed by atoms with van der Waals surface area (Å²) >= 11 is 0. The van der Waals surface area contributed by atoms with Gasteiger partial charge in [0.25, 0.3) is 0 Å². The van der Waals surface area contributed by atoms with Gasteiger partial charge >= 0.3 is 0 Å². The van der Waals surface area contributed by atoms with Crippen LogP contribution in [0.15, 0.2) is 17.3 Å². The van der Waals surface area contributed by atoms with Gasteiger partial charge in [0.2, 0.25) is 10.0 Å². The summed E-state index contributed by atoms with van der Waals surface area (Å²) in [7, 11) is -1.81. The van der Waals surface area contributed by atoms with E-state index in [0.29, 0.717) is 26.2 Å². The number of aromatic amines is 1. The van der Waals surface area contributed by atoms with Gasteiger partial charge in [0.05, 0.1) is 12.8 Å². The van der Waals surface area contributed by atoms with Crippen molar-refractivity contribution in [2.45, 2.75) is 4.90 Å². The fraction of sp³-hybridized carbons (Fsp3) is 0.625. The molecule has 92 valence electrons. The molecule has 0 fully saturated rings. The van der Waals surface area contributed by atoms with Crippen molar-refractivity contribution in [2.75, 3.05) is 33.4 Å². The van der Waals surface area contributed by atoms with Gasteiger partial charge in [0.15, 0.2) is 0 Å². The van der Waals surface area contributed by atoms with Crippen LogP contribution in [0.5, 0.6) is 0 Å². The third-order valence-corrected chi connectivity index (χ3v) is 3.29. The van der Waals surface area contributed by atoms with Gasteiger partial charge in [0.1, 0.15) is 4.90 Å². The number of ether oxygens (including phenoxy) is 1. The molecule has 0 atom stereocenters. The molecule has 0 aliphatic rings. The maximum absolute atomic E-state index is 11.6. The summed E-state index contributed by atoms with van der Waals surface area (Å²) in [5.74, 6) is 0. The Kier molecular flexibility index (Phi) is 5.39.